The average Bonchev–Trinajstić information content (AvgIpc) is 3.70. The molecule has 1 fully saturated rings. The summed E-state index contributed by atoms with van der Waals surface area (Å²) in [4.78, 5) is 26.8. The first kappa shape index (κ1) is 30.1. The van der Waals surface area contributed by atoms with Gasteiger partial charge in [0.1, 0.15) is 18.0 Å². The molecule has 12 heteroatoms. The van der Waals surface area contributed by atoms with Crippen molar-refractivity contribution < 1.29 is 18.0 Å². The first-order valence-corrected chi connectivity index (χ1v) is 14.9. The van der Waals surface area contributed by atoms with Crippen LogP contribution in [0.15, 0.2) is 79.1 Å². The summed E-state index contributed by atoms with van der Waals surface area (Å²) in [6.45, 7) is 5.08. The second-order valence-corrected chi connectivity index (χ2v) is 11.1. The van der Waals surface area contributed by atoms with Gasteiger partial charge in [0.2, 0.25) is 5.95 Å². The van der Waals surface area contributed by atoms with Gasteiger partial charge in [-0.05, 0) is 80.8 Å². The predicted octanol–water partition coefficient (Wildman–Crippen LogP) is 7.08. The third-order valence-electron chi connectivity index (χ3n) is 7.99. The van der Waals surface area contributed by atoms with Crippen LogP contribution in [-0.2, 0) is 6.18 Å². The highest BCUT2D eigenvalue weighted by molar-refractivity contribution is 6.04. The molecule has 0 saturated carbocycles. The van der Waals surface area contributed by atoms with E-state index >= 15 is 0 Å². The number of hydrogen-bond acceptors (Lipinski definition) is 7. The number of alkyl halides is 3. The van der Waals surface area contributed by atoms with Crippen molar-refractivity contribution in [2.24, 2.45) is 0 Å². The van der Waals surface area contributed by atoms with Crippen LogP contribution in [0.4, 0.5) is 36.3 Å². The van der Waals surface area contributed by atoms with Gasteiger partial charge in [0.25, 0.3) is 5.91 Å². The molecule has 6 rings (SSSR count). The maximum Gasteiger partial charge on any atom is 0.416 e. The van der Waals surface area contributed by atoms with E-state index in [1.54, 1.807) is 12.1 Å². The number of nitrogens with zero attached hydrogens (tertiary/aromatic N) is 4. The predicted molar refractivity (Wildman–Crippen MR) is 169 cm³/mol. The van der Waals surface area contributed by atoms with E-state index in [9.17, 15) is 18.0 Å². The summed E-state index contributed by atoms with van der Waals surface area (Å²) in [5, 5.41) is 13.2. The summed E-state index contributed by atoms with van der Waals surface area (Å²) in [7, 11) is 0. The second kappa shape index (κ2) is 12.6. The summed E-state index contributed by atoms with van der Waals surface area (Å²) >= 11 is 0. The molecule has 5 aromatic rings. The number of halogens is 3. The number of para-hydroxylation sites is 2. The molecule has 1 aliphatic heterocycles. The molecule has 0 radical (unpaired) electrons. The van der Waals surface area contributed by atoms with E-state index in [0.717, 1.165) is 54.5 Å². The molecule has 45 heavy (non-hydrogen) atoms. The number of rotatable bonds is 9. The smallest absolute Gasteiger partial charge is 0.366 e. The minimum atomic E-state index is -4.55. The van der Waals surface area contributed by atoms with Crippen LogP contribution < -0.4 is 21.3 Å². The number of carbonyl (C=O) groups is 1. The van der Waals surface area contributed by atoms with Gasteiger partial charge in [0, 0.05) is 35.1 Å². The van der Waals surface area contributed by atoms with Gasteiger partial charge in [-0.1, -0.05) is 31.2 Å². The summed E-state index contributed by atoms with van der Waals surface area (Å²) in [5.74, 6) is 1.17. The Hall–Kier alpha value is -4.97. The summed E-state index contributed by atoms with van der Waals surface area (Å²) in [6, 6.07) is 19.8. The van der Waals surface area contributed by atoms with Crippen molar-refractivity contribution >= 4 is 40.1 Å². The molecule has 1 amide bonds. The molecule has 0 bridgehead atoms. The van der Waals surface area contributed by atoms with Crippen LogP contribution in [0.2, 0.25) is 0 Å². The van der Waals surface area contributed by atoms with E-state index in [2.05, 4.69) is 38.2 Å². The Balaban J connectivity index is 1.29. The Morgan fingerprint density at radius 3 is 2.69 bits per heavy atom. The first-order chi connectivity index (χ1) is 21.7. The summed E-state index contributed by atoms with van der Waals surface area (Å²) in [5.41, 5.74) is 2.53. The van der Waals surface area contributed by atoms with Gasteiger partial charge in [-0.25, -0.2) is 15.0 Å². The van der Waals surface area contributed by atoms with Gasteiger partial charge in [-0.2, -0.15) is 13.2 Å². The highest BCUT2D eigenvalue weighted by atomic mass is 19.4. The van der Waals surface area contributed by atoms with E-state index in [1.165, 1.54) is 18.5 Å². The fourth-order valence-corrected chi connectivity index (χ4v) is 5.62. The van der Waals surface area contributed by atoms with Crippen LogP contribution >= 0.6 is 0 Å². The minimum Gasteiger partial charge on any atom is -0.366 e. The van der Waals surface area contributed by atoms with E-state index < -0.39 is 17.6 Å². The number of imidazole rings is 1. The van der Waals surface area contributed by atoms with Crippen molar-refractivity contribution in [3.8, 4) is 5.82 Å². The maximum atomic E-state index is 13.2. The SMILES string of the molecule is CCC(Nc1cc(-n2c(Nc3cc(NC(=O)c4cccc(C(F)(F)F)c4)ccc3C)nc3ccccc32)ncn1)C1CCCN1. The zero-order chi connectivity index (χ0) is 31.6. The Kier molecular flexibility index (Phi) is 8.40. The molecule has 1 saturated heterocycles. The standard InChI is InChI=1S/C33H33F3N8O/c1-3-24(25-11-7-15-37-25)41-29-18-30(39-19-38-29)44-28-12-5-4-10-26(28)42-32(44)43-27-17-23(14-13-20(27)2)40-31(45)21-8-6-9-22(16-21)33(34,35)36/h4-6,8-10,12-14,16-19,24-25,37H,3,7,11,15H2,1-2H3,(H,40,45)(H,42,43)(H,38,39,41). The lowest BCUT2D eigenvalue weighted by atomic mass is 10.0. The first-order valence-electron chi connectivity index (χ1n) is 14.9. The number of fused-ring (bicyclic) bond motifs is 1. The van der Waals surface area contributed by atoms with Crippen LogP contribution in [0, 0.1) is 6.92 Å². The van der Waals surface area contributed by atoms with Crippen molar-refractivity contribution in [2.75, 3.05) is 22.5 Å². The Morgan fingerprint density at radius 1 is 1.07 bits per heavy atom. The highest BCUT2D eigenvalue weighted by Gasteiger charge is 2.31. The lowest BCUT2D eigenvalue weighted by Gasteiger charge is -2.24. The van der Waals surface area contributed by atoms with E-state index in [-0.39, 0.29) is 11.6 Å². The molecule has 2 aromatic heterocycles. The molecule has 4 N–H and O–H groups in total. The van der Waals surface area contributed by atoms with Crippen molar-refractivity contribution in [1.29, 1.82) is 0 Å². The number of nitrogens with one attached hydrogen (secondary N) is 4. The molecule has 2 atom stereocenters. The molecule has 2 unspecified atom stereocenters. The number of aryl methyl sites for hydroxylation is 1. The van der Waals surface area contributed by atoms with Crippen molar-refractivity contribution in [1.82, 2.24) is 24.8 Å². The molecular weight excluding hydrogens is 581 g/mol. The maximum absolute atomic E-state index is 13.2. The summed E-state index contributed by atoms with van der Waals surface area (Å²) in [6.07, 6.45) is 0.192. The van der Waals surface area contributed by atoms with Crippen LogP contribution in [-0.4, -0.2) is 44.1 Å². The Morgan fingerprint density at radius 2 is 1.91 bits per heavy atom. The fraction of sp³-hybridized carbons (Fsp3) is 0.273. The number of aromatic nitrogens is 4. The van der Waals surface area contributed by atoms with Gasteiger partial charge < -0.3 is 21.3 Å². The van der Waals surface area contributed by atoms with E-state index in [4.69, 9.17) is 4.98 Å². The molecule has 9 nitrogen and oxygen atoms in total. The minimum absolute atomic E-state index is 0.0936. The number of hydrogen-bond donors (Lipinski definition) is 4. The molecule has 3 aromatic carbocycles. The van der Waals surface area contributed by atoms with Gasteiger partial charge in [0.05, 0.1) is 16.6 Å². The molecular formula is C33H33F3N8O. The fourth-order valence-electron chi connectivity index (χ4n) is 5.62. The van der Waals surface area contributed by atoms with Crippen molar-refractivity contribution in [2.45, 2.75) is 51.4 Å². The molecule has 0 aliphatic carbocycles. The Labute approximate surface area is 258 Å². The molecule has 232 valence electrons. The third-order valence-corrected chi connectivity index (χ3v) is 7.99. The highest BCUT2D eigenvalue weighted by Crippen LogP contribution is 2.31. The van der Waals surface area contributed by atoms with Crippen molar-refractivity contribution in [3.63, 3.8) is 0 Å². The lowest BCUT2D eigenvalue weighted by Crippen LogP contribution is -2.39. The van der Waals surface area contributed by atoms with Gasteiger partial charge in [-0.3, -0.25) is 9.36 Å². The third kappa shape index (κ3) is 6.60. The molecule has 1 aliphatic rings. The van der Waals surface area contributed by atoms with E-state index in [0.29, 0.717) is 35.0 Å². The molecule has 3 heterocycles. The number of anilines is 4. The monoisotopic (exact) mass is 614 g/mol. The molecule has 0 spiro atoms. The second-order valence-electron chi connectivity index (χ2n) is 11.1. The van der Waals surface area contributed by atoms with E-state index in [1.807, 2.05) is 47.9 Å². The Bertz CT molecular complexity index is 1830. The van der Waals surface area contributed by atoms with Crippen LogP contribution in [0.3, 0.4) is 0 Å². The van der Waals surface area contributed by atoms with Crippen LogP contribution in [0.25, 0.3) is 16.9 Å². The zero-order valence-corrected chi connectivity index (χ0v) is 24.8. The van der Waals surface area contributed by atoms with Crippen LogP contribution in [0.1, 0.15) is 47.7 Å². The number of amides is 1. The number of benzene rings is 3. The quantitative estimate of drug-likeness (QED) is 0.141. The topological polar surface area (TPSA) is 109 Å². The largest absolute Gasteiger partial charge is 0.416 e. The normalized spacial score (nSPS) is 15.6. The zero-order valence-electron chi connectivity index (χ0n) is 24.8. The van der Waals surface area contributed by atoms with Gasteiger partial charge in [0.15, 0.2) is 0 Å². The lowest BCUT2D eigenvalue weighted by molar-refractivity contribution is -0.137. The average molecular weight is 615 g/mol. The summed E-state index contributed by atoms with van der Waals surface area (Å²) < 4.78 is 41.5. The van der Waals surface area contributed by atoms with Gasteiger partial charge in [-0.15, -0.1) is 0 Å². The van der Waals surface area contributed by atoms with Gasteiger partial charge >= 0.3 is 6.18 Å². The van der Waals surface area contributed by atoms with Crippen LogP contribution in [0.5, 0.6) is 0 Å². The van der Waals surface area contributed by atoms with Crippen molar-refractivity contribution in [3.05, 3.63) is 95.8 Å². The number of carbonyl (C=O) groups excluding carboxylic acids is 1.